The number of likely N-dealkylation sites (N-methyl/N-ethyl adjacent to an activating group) is 2. The van der Waals surface area contributed by atoms with Crippen molar-refractivity contribution < 1.29 is 37.1 Å². The summed E-state index contributed by atoms with van der Waals surface area (Å²) < 4.78 is 46.8. The molecule has 0 aliphatic rings. The van der Waals surface area contributed by atoms with Crippen LogP contribution in [0.3, 0.4) is 0 Å². The second kappa shape index (κ2) is 14.1. The number of nitrogens with zero attached hydrogens (tertiary/aromatic N) is 4. The highest BCUT2D eigenvalue weighted by atomic mass is 19.4. The van der Waals surface area contributed by atoms with Gasteiger partial charge in [0.25, 0.3) is 0 Å². The van der Waals surface area contributed by atoms with Crippen LogP contribution in [-0.4, -0.2) is 79.0 Å². The lowest BCUT2D eigenvalue weighted by Crippen LogP contribution is -2.33. The molecule has 0 unspecified atom stereocenters. The Morgan fingerprint density at radius 2 is 1.68 bits per heavy atom. The molecule has 1 N–H and O–H groups in total. The van der Waals surface area contributed by atoms with Crippen LogP contribution in [0.5, 0.6) is 0 Å². The molecule has 0 saturated heterocycles. The minimum Gasteiger partial charge on any atom is -0.459 e. The number of ether oxygens (including phenoxy) is 1. The molecule has 248 valence electrons. The first-order valence-corrected chi connectivity index (χ1v) is 14.7. The number of aromatic nitrogens is 2. The van der Waals surface area contributed by atoms with E-state index in [4.69, 9.17) is 9.57 Å². The molecule has 1 amide bonds. The van der Waals surface area contributed by atoms with Crippen molar-refractivity contribution in [2.75, 3.05) is 44.4 Å². The number of hydrogen-bond donors (Lipinski definition) is 1. The molecular weight excluding hydrogens is 615 g/mol. The van der Waals surface area contributed by atoms with Crippen molar-refractivity contribution in [1.82, 2.24) is 14.6 Å². The molecule has 2 heterocycles. The van der Waals surface area contributed by atoms with Gasteiger partial charge in [-0.25, -0.2) is 14.6 Å². The third-order valence-electron chi connectivity index (χ3n) is 7.19. The van der Waals surface area contributed by atoms with Gasteiger partial charge in [0.15, 0.2) is 5.65 Å². The number of pyridine rings is 1. The van der Waals surface area contributed by atoms with E-state index in [1.165, 1.54) is 6.07 Å². The fourth-order valence-electron chi connectivity index (χ4n) is 4.76. The predicted molar refractivity (Wildman–Crippen MR) is 174 cm³/mol. The molecule has 47 heavy (non-hydrogen) atoms. The summed E-state index contributed by atoms with van der Waals surface area (Å²) in [4.78, 5) is 50.7. The molecule has 0 radical (unpaired) electrons. The Bertz CT molecular complexity index is 1810. The summed E-state index contributed by atoms with van der Waals surface area (Å²) in [5.41, 5.74) is 3.00. The molecule has 0 aliphatic heterocycles. The lowest BCUT2D eigenvalue weighted by Gasteiger charge is -2.22. The Labute approximate surface area is 270 Å². The number of benzene rings is 2. The van der Waals surface area contributed by atoms with E-state index in [2.05, 4.69) is 16.9 Å². The van der Waals surface area contributed by atoms with Crippen LogP contribution in [0, 0.1) is 6.92 Å². The van der Waals surface area contributed by atoms with Gasteiger partial charge >= 0.3 is 18.1 Å². The van der Waals surface area contributed by atoms with Crippen molar-refractivity contribution in [1.29, 1.82) is 0 Å². The maximum Gasteiger partial charge on any atom is 0.493 e. The Balaban J connectivity index is 2.04. The molecule has 10 nitrogen and oxygen atoms in total. The molecule has 4 rings (SSSR count). The monoisotopic (exact) mass is 651 g/mol. The van der Waals surface area contributed by atoms with Crippen molar-refractivity contribution in [2.24, 2.45) is 0 Å². The molecule has 2 aromatic heterocycles. The molecule has 0 bridgehead atoms. The normalized spacial score (nSPS) is 11.6. The number of alkyl halides is 3. The fraction of sp³-hybridized carbons (Fsp3) is 0.294. The van der Waals surface area contributed by atoms with E-state index in [1.807, 2.05) is 30.9 Å². The molecule has 0 aliphatic carbocycles. The number of carbonyl (C=O) groups excluding carboxylic acids is 3. The maximum atomic E-state index is 13.6. The highest BCUT2D eigenvalue weighted by molar-refractivity contribution is 6.07. The number of fused-ring (bicyclic) bond motifs is 1. The predicted octanol–water partition coefficient (Wildman–Crippen LogP) is 5.88. The van der Waals surface area contributed by atoms with Gasteiger partial charge in [-0.15, -0.1) is 0 Å². The fourth-order valence-corrected chi connectivity index (χ4v) is 4.76. The zero-order valence-electron chi connectivity index (χ0n) is 26.9. The minimum atomic E-state index is -5.32. The number of amides is 1. The summed E-state index contributed by atoms with van der Waals surface area (Å²) in [6.07, 6.45) is -3.52. The first-order valence-electron chi connectivity index (χ1n) is 14.7. The molecule has 13 heteroatoms. The zero-order valence-corrected chi connectivity index (χ0v) is 26.9. The van der Waals surface area contributed by atoms with Crippen LogP contribution in [-0.2, 0) is 14.3 Å². The summed E-state index contributed by atoms with van der Waals surface area (Å²) in [5.74, 6) is -3.63. The Hall–Kier alpha value is -5.17. The van der Waals surface area contributed by atoms with Crippen molar-refractivity contribution in [3.05, 3.63) is 78.5 Å². The van der Waals surface area contributed by atoms with Crippen LogP contribution in [0.1, 0.15) is 29.8 Å². The van der Waals surface area contributed by atoms with Gasteiger partial charge in [0, 0.05) is 54.2 Å². The third kappa shape index (κ3) is 7.98. The third-order valence-corrected chi connectivity index (χ3v) is 7.19. The smallest absolute Gasteiger partial charge is 0.459 e. The van der Waals surface area contributed by atoms with Crippen molar-refractivity contribution >= 4 is 40.3 Å². The highest BCUT2D eigenvalue weighted by Gasteiger charge is 2.43. The van der Waals surface area contributed by atoms with Gasteiger partial charge in [-0.05, 0) is 76.3 Å². The molecule has 4 aromatic rings. The largest absolute Gasteiger partial charge is 0.493 e. The summed E-state index contributed by atoms with van der Waals surface area (Å²) >= 11 is 0. The van der Waals surface area contributed by atoms with Gasteiger partial charge in [-0.3, -0.25) is 4.79 Å². The second-order valence-corrected chi connectivity index (χ2v) is 11.4. The van der Waals surface area contributed by atoms with Gasteiger partial charge in [0.2, 0.25) is 5.91 Å². The SMILES string of the molecule is C=CC(=O)Nc1cc(-c2c(-c3ccc(N(C)CCN(C)C)cc3)n(OC(=O)C(F)(F)F)c3ncc(C(=O)OC(C)C)cc23)ccc1C. The summed E-state index contributed by atoms with van der Waals surface area (Å²) in [5, 5.41) is 2.93. The topological polar surface area (TPSA) is 106 Å². The maximum absolute atomic E-state index is 13.6. The number of nitrogens with one attached hydrogen (secondary N) is 1. The molecule has 0 atom stereocenters. The first kappa shape index (κ1) is 34.7. The van der Waals surface area contributed by atoms with Gasteiger partial charge < -0.3 is 24.7 Å². The summed E-state index contributed by atoms with van der Waals surface area (Å²) in [7, 11) is 5.83. The van der Waals surface area contributed by atoms with E-state index in [0.717, 1.165) is 29.2 Å². The van der Waals surface area contributed by atoms with Gasteiger partial charge in [0.1, 0.15) is 0 Å². The molecular formula is C34H36F3N5O5. The van der Waals surface area contributed by atoms with Gasteiger partial charge in [-0.1, -0.05) is 30.8 Å². The van der Waals surface area contributed by atoms with E-state index in [1.54, 1.807) is 63.2 Å². The number of rotatable bonds is 11. The van der Waals surface area contributed by atoms with E-state index >= 15 is 0 Å². The second-order valence-electron chi connectivity index (χ2n) is 11.4. The lowest BCUT2D eigenvalue weighted by molar-refractivity contribution is -0.199. The van der Waals surface area contributed by atoms with Gasteiger partial charge in [-0.2, -0.15) is 17.9 Å². The van der Waals surface area contributed by atoms with Crippen LogP contribution in [0.2, 0.25) is 0 Å². The van der Waals surface area contributed by atoms with Crippen LogP contribution < -0.4 is 15.1 Å². The van der Waals surface area contributed by atoms with E-state index in [9.17, 15) is 27.6 Å². The zero-order chi connectivity index (χ0) is 34.6. The number of halogens is 3. The number of aryl methyl sites for hydroxylation is 1. The Kier molecular flexibility index (Phi) is 10.4. The highest BCUT2D eigenvalue weighted by Crippen LogP contribution is 2.42. The minimum absolute atomic E-state index is 0.0310. The molecule has 2 aromatic carbocycles. The summed E-state index contributed by atoms with van der Waals surface area (Å²) in [6, 6.07) is 13.5. The lowest BCUT2D eigenvalue weighted by atomic mass is 9.96. The number of anilines is 2. The standard InChI is InChI=1S/C34H36F3N5O5/c1-8-28(43)39-27-18-23(10-9-21(27)4)29-26-17-24(32(44)46-20(2)3)19-38-31(26)42(47-33(45)34(35,36)37)30(29)22-11-13-25(14-12-22)41(7)16-15-40(5)6/h8-14,17-20H,1,15-16H2,2-7H3,(H,39,43). The molecule has 0 spiro atoms. The van der Waals surface area contributed by atoms with E-state index in [0.29, 0.717) is 34.5 Å². The molecule has 0 saturated carbocycles. The average molecular weight is 652 g/mol. The van der Waals surface area contributed by atoms with Gasteiger partial charge in [0.05, 0.1) is 17.4 Å². The number of hydrogen-bond acceptors (Lipinski definition) is 8. The van der Waals surface area contributed by atoms with Crippen LogP contribution in [0.15, 0.2) is 67.4 Å². The van der Waals surface area contributed by atoms with E-state index in [-0.39, 0.29) is 22.3 Å². The van der Waals surface area contributed by atoms with Crippen LogP contribution in [0.4, 0.5) is 24.5 Å². The van der Waals surface area contributed by atoms with E-state index < -0.39 is 30.1 Å². The van der Waals surface area contributed by atoms with Crippen molar-refractivity contribution in [2.45, 2.75) is 33.1 Å². The molecule has 0 fully saturated rings. The van der Waals surface area contributed by atoms with Crippen LogP contribution >= 0.6 is 0 Å². The van der Waals surface area contributed by atoms with Crippen molar-refractivity contribution in [3.8, 4) is 22.4 Å². The number of carbonyl (C=O) groups is 3. The summed E-state index contributed by atoms with van der Waals surface area (Å²) in [6.45, 7) is 10.1. The quantitative estimate of drug-likeness (QED) is 0.158. The first-order chi connectivity index (χ1) is 22.1. The number of esters is 1. The average Bonchev–Trinajstić information content (AvgIpc) is 3.33. The van der Waals surface area contributed by atoms with Crippen LogP contribution in [0.25, 0.3) is 33.4 Å². The Morgan fingerprint density at radius 3 is 2.28 bits per heavy atom. The van der Waals surface area contributed by atoms with Crippen molar-refractivity contribution in [3.63, 3.8) is 0 Å². The Morgan fingerprint density at radius 1 is 1.02 bits per heavy atom.